The highest BCUT2D eigenvalue weighted by atomic mass is 127. The zero-order valence-electron chi connectivity index (χ0n) is 10.6. The molecule has 4 heteroatoms. The summed E-state index contributed by atoms with van der Waals surface area (Å²) in [5, 5.41) is 0. The van der Waals surface area contributed by atoms with E-state index < -0.39 is 0 Å². The van der Waals surface area contributed by atoms with Crippen LogP contribution in [-0.2, 0) is 7.05 Å². The van der Waals surface area contributed by atoms with E-state index in [4.69, 9.17) is 9.47 Å². The second-order valence-corrected chi connectivity index (χ2v) is 4.18. The largest absolute Gasteiger partial charge is 0.454 e. The molecule has 0 unspecified atom stereocenters. The molecule has 0 saturated carbocycles. The number of halogens is 1. The third-order valence-electron chi connectivity index (χ3n) is 2.94. The van der Waals surface area contributed by atoms with Gasteiger partial charge in [0.2, 0.25) is 12.5 Å². The average molecular weight is 368 g/mol. The van der Waals surface area contributed by atoms with E-state index in [1.165, 1.54) is 0 Å². The number of fused-ring (bicyclic) bond motifs is 1. The molecule has 1 aliphatic rings. The quantitative estimate of drug-likeness (QED) is 0.601. The molecule has 3 nitrogen and oxygen atoms in total. The normalized spacial score (nSPS) is 12.5. The number of pyridine rings is 1. The van der Waals surface area contributed by atoms with Gasteiger partial charge in [0.05, 0.1) is 0 Å². The van der Waals surface area contributed by atoms with Crippen molar-refractivity contribution in [3.8, 4) is 11.5 Å². The van der Waals surface area contributed by atoms with Crippen molar-refractivity contribution in [2.45, 2.75) is 0 Å². The lowest BCUT2D eigenvalue weighted by Gasteiger charge is -1.97. The molecule has 1 aromatic heterocycles. The number of hydrogen-bond donors (Lipinski definition) is 0. The molecule has 0 N–H and O–H groups in total. The van der Waals surface area contributed by atoms with E-state index in [0.29, 0.717) is 6.79 Å². The molecule has 0 fully saturated rings. The lowest BCUT2D eigenvalue weighted by atomic mass is 10.1. The van der Waals surface area contributed by atoms with Crippen LogP contribution in [-0.4, -0.2) is 6.79 Å². The first-order valence-corrected chi connectivity index (χ1v) is 5.85. The van der Waals surface area contributed by atoms with Crippen LogP contribution in [0.4, 0.5) is 0 Å². The van der Waals surface area contributed by atoms with Gasteiger partial charge in [0.15, 0.2) is 17.7 Å². The van der Waals surface area contributed by atoms with E-state index in [-0.39, 0.29) is 24.0 Å². The van der Waals surface area contributed by atoms with Crippen molar-refractivity contribution in [1.82, 2.24) is 0 Å². The smallest absolute Gasteiger partial charge is 0.231 e. The molecule has 0 radical (unpaired) electrons. The molecule has 0 bridgehead atoms. The summed E-state index contributed by atoms with van der Waals surface area (Å²) in [5.74, 6) is 1.63. The third-order valence-corrected chi connectivity index (χ3v) is 2.94. The Morgan fingerprint density at radius 1 is 1.05 bits per heavy atom. The highest BCUT2D eigenvalue weighted by molar-refractivity contribution is 14.0. The van der Waals surface area contributed by atoms with Crippen LogP contribution >= 0.6 is 24.0 Å². The summed E-state index contributed by atoms with van der Waals surface area (Å²) in [6.45, 7) is 0.316. The van der Waals surface area contributed by atoms with E-state index in [1.807, 2.05) is 43.6 Å². The minimum absolute atomic E-state index is 0. The van der Waals surface area contributed by atoms with Crippen molar-refractivity contribution >= 4 is 36.1 Å². The number of aryl methyl sites for hydroxylation is 1. The van der Waals surface area contributed by atoms with Crippen molar-refractivity contribution < 1.29 is 14.0 Å². The molecule has 19 heavy (non-hydrogen) atoms. The van der Waals surface area contributed by atoms with Gasteiger partial charge >= 0.3 is 0 Å². The number of nitrogens with zero attached hydrogens (tertiary/aromatic N) is 1. The first-order chi connectivity index (χ1) is 8.83. The average Bonchev–Trinajstić information content (AvgIpc) is 2.85. The molecular formula is C15H15INO2+. The molecule has 1 aromatic carbocycles. The van der Waals surface area contributed by atoms with Crippen LogP contribution < -0.4 is 14.0 Å². The van der Waals surface area contributed by atoms with Gasteiger partial charge in [0.1, 0.15) is 7.05 Å². The van der Waals surface area contributed by atoms with Crippen LogP contribution in [0.1, 0.15) is 11.3 Å². The minimum atomic E-state index is 0. The van der Waals surface area contributed by atoms with Gasteiger partial charge in [0, 0.05) is 18.2 Å². The zero-order chi connectivity index (χ0) is 12.4. The van der Waals surface area contributed by atoms with Crippen LogP contribution in [0.15, 0.2) is 42.6 Å². The van der Waals surface area contributed by atoms with Gasteiger partial charge in [-0.25, -0.2) is 4.57 Å². The molecule has 0 amide bonds. The van der Waals surface area contributed by atoms with Crippen LogP contribution in [0.3, 0.4) is 0 Å². The van der Waals surface area contributed by atoms with E-state index in [0.717, 1.165) is 22.8 Å². The summed E-state index contributed by atoms with van der Waals surface area (Å²) in [6, 6.07) is 12.1. The summed E-state index contributed by atoms with van der Waals surface area (Å²) in [7, 11) is 2.03. The number of rotatable bonds is 2. The molecule has 0 saturated heterocycles. The Hall–Kier alpha value is -1.56. The maximum Gasteiger partial charge on any atom is 0.231 e. The Balaban J connectivity index is 0.00000133. The Bertz CT molecular complexity index is 611. The summed E-state index contributed by atoms with van der Waals surface area (Å²) in [4.78, 5) is 0. The third kappa shape index (κ3) is 3.07. The lowest BCUT2D eigenvalue weighted by Crippen LogP contribution is -2.30. The Morgan fingerprint density at radius 3 is 2.74 bits per heavy atom. The molecule has 98 valence electrons. The van der Waals surface area contributed by atoms with Gasteiger partial charge in [-0.3, -0.25) is 0 Å². The fourth-order valence-corrected chi connectivity index (χ4v) is 1.91. The molecule has 2 heterocycles. The van der Waals surface area contributed by atoms with Crippen LogP contribution in [0.25, 0.3) is 12.2 Å². The fraction of sp³-hybridized carbons (Fsp3) is 0.133. The molecule has 0 spiro atoms. The molecule has 2 aromatic rings. The Labute approximate surface area is 129 Å². The molecule has 3 rings (SSSR count). The second kappa shape index (κ2) is 6.06. The maximum absolute atomic E-state index is 5.35. The summed E-state index contributed by atoms with van der Waals surface area (Å²) < 4.78 is 12.7. The topological polar surface area (TPSA) is 22.3 Å². The van der Waals surface area contributed by atoms with E-state index in [2.05, 4.69) is 22.8 Å². The fourth-order valence-electron chi connectivity index (χ4n) is 1.91. The summed E-state index contributed by atoms with van der Waals surface area (Å²) >= 11 is 0. The van der Waals surface area contributed by atoms with Crippen molar-refractivity contribution in [1.29, 1.82) is 0 Å². The second-order valence-electron chi connectivity index (χ2n) is 4.18. The minimum Gasteiger partial charge on any atom is -0.454 e. The highest BCUT2D eigenvalue weighted by Crippen LogP contribution is 2.32. The SMILES string of the molecule is C[n+]1ccccc1/C=C\c1ccc2c(c1)OCO2.I. The van der Waals surface area contributed by atoms with Crippen molar-refractivity contribution in [3.63, 3.8) is 0 Å². The van der Waals surface area contributed by atoms with Gasteiger partial charge in [0.25, 0.3) is 0 Å². The van der Waals surface area contributed by atoms with E-state index in [1.54, 1.807) is 0 Å². The van der Waals surface area contributed by atoms with Gasteiger partial charge in [-0.15, -0.1) is 24.0 Å². The monoisotopic (exact) mass is 368 g/mol. The number of hydrogen-bond acceptors (Lipinski definition) is 2. The van der Waals surface area contributed by atoms with Crippen LogP contribution in [0.2, 0.25) is 0 Å². The number of benzene rings is 1. The van der Waals surface area contributed by atoms with Gasteiger partial charge in [-0.2, -0.15) is 0 Å². The molecule has 0 aliphatic carbocycles. The molecule has 0 atom stereocenters. The maximum atomic E-state index is 5.35. The number of aromatic nitrogens is 1. The molecular weight excluding hydrogens is 353 g/mol. The van der Waals surface area contributed by atoms with E-state index >= 15 is 0 Å². The molecule has 1 aliphatic heterocycles. The summed E-state index contributed by atoms with van der Waals surface area (Å²) in [5.41, 5.74) is 2.25. The predicted octanol–water partition coefficient (Wildman–Crippen LogP) is 3.03. The Morgan fingerprint density at radius 2 is 1.89 bits per heavy atom. The van der Waals surface area contributed by atoms with Gasteiger partial charge in [-0.1, -0.05) is 6.07 Å². The van der Waals surface area contributed by atoms with Crippen LogP contribution in [0, 0.1) is 0 Å². The first-order valence-electron chi connectivity index (χ1n) is 5.85. The van der Waals surface area contributed by atoms with Gasteiger partial charge in [-0.05, 0) is 29.8 Å². The predicted molar refractivity (Wildman–Crippen MR) is 84.5 cm³/mol. The van der Waals surface area contributed by atoms with Gasteiger partial charge < -0.3 is 9.47 Å². The standard InChI is InChI=1S/C15H14NO2.HI/c1-16-9-3-2-4-13(16)7-5-12-6-8-14-15(10-12)18-11-17-14;/h2-10H,11H2,1H3;1H/q+1;/b7-5-;. The lowest BCUT2D eigenvalue weighted by molar-refractivity contribution is -0.673. The zero-order valence-corrected chi connectivity index (χ0v) is 12.9. The van der Waals surface area contributed by atoms with Crippen molar-refractivity contribution in [3.05, 3.63) is 53.9 Å². The number of ether oxygens (including phenoxy) is 2. The van der Waals surface area contributed by atoms with Crippen molar-refractivity contribution in [2.24, 2.45) is 7.05 Å². The summed E-state index contributed by atoms with van der Waals surface area (Å²) in [6.07, 6.45) is 6.17. The van der Waals surface area contributed by atoms with Crippen LogP contribution in [0.5, 0.6) is 11.5 Å². The van der Waals surface area contributed by atoms with E-state index in [9.17, 15) is 0 Å². The van der Waals surface area contributed by atoms with Crippen molar-refractivity contribution in [2.75, 3.05) is 6.79 Å². The first kappa shape index (κ1) is 13.9. The Kier molecular flexibility index (Phi) is 4.42. The highest BCUT2D eigenvalue weighted by Gasteiger charge is 2.12.